The van der Waals surface area contributed by atoms with Crippen molar-refractivity contribution in [3.63, 3.8) is 0 Å². The van der Waals surface area contributed by atoms with Crippen molar-refractivity contribution in [2.75, 3.05) is 12.3 Å². The second-order valence-electron chi connectivity index (χ2n) is 4.92. The van der Waals surface area contributed by atoms with Gasteiger partial charge in [-0.05, 0) is 6.07 Å². The first-order valence-corrected chi connectivity index (χ1v) is 6.95. The van der Waals surface area contributed by atoms with E-state index in [4.69, 9.17) is 22.4 Å². The van der Waals surface area contributed by atoms with E-state index >= 15 is 0 Å². The quantitative estimate of drug-likeness (QED) is 0.711. The van der Waals surface area contributed by atoms with E-state index in [-0.39, 0.29) is 22.1 Å². The van der Waals surface area contributed by atoms with Crippen molar-refractivity contribution < 1.29 is 23.1 Å². The molecule has 0 fully saturated rings. The molecule has 24 heavy (non-hydrogen) atoms. The largest absolute Gasteiger partial charge is 0.416 e. The molecule has 130 valence electrons. The number of alkyl halides is 3. The molecule has 11 heteroatoms. The molecule has 0 saturated heterocycles. The van der Waals surface area contributed by atoms with Gasteiger partial charge in [0.15, 0.2) is 6.10 Å². The Balaban J connectivity index is 2.27. The molecule has 0 aliphatic heterocycles. The molecule has 0 radical (unpaired) electrons. The van der Waals surface area contributed by atoms with E-state index in [1.54, 1.807) is 13.2 Å². The fourth-order valence-corrected chi connectivity index (χ4v) is 2.07. The van der Waals surface area contributed by atoms with Crippen molar-refractivity contribution in [2.45, 2.75) is 12.3 Å². The predicted molar refractivity (Wildman–Crippen MR) is 80.3 cm³/mol. The number of nitrogens with zero attached hydrogens (tertiary/aromatic N) is 3. The van der Waals surface area contributed by atoms with Crippen molar-refractivity contribution >= 4 is 23.2 Å². The second-order valence-corrected chi connectivity index (χ2v) is 5.31. The fraction of sp³-hybridized carbons (Fsp3) is 0.308. The van der Waals surface area contributed by atoms with E-state index in [0.717, 1.165) is 6.07 Å². The smallest absolute Gasteiger partial charge is 0.396 e. The average molecular weight is 364 g/mol. The first-order valence-electron chi connectivity index (χ1n) is 6.57. The van der Waals surface area contributed by atoms with Crippen LogP contribution in [0.15, 0.2) is 18.5 Å². The van der Waals surface area contributed by atoms with Crippen LogP contribution < -0.4 is 11.1 Å². The zero-order valence-electron chi connectivity index (χ0n) is 12.3. The molecule has 1 atom stereocenters. The Labute approximate surface area is 139 Å². The van der Waals surface area contributed by atoms with Gasteiger partial charge in [-0.25, -0.2) is 4.98 Å². The van der Waals surface area contributed by atoms with Gasteiger partial charge in [-0.2, -0.15) is 18.3 Å². The Hall–Kier alpha value is -2.33. The number of carbonyl (C=O) groups is 1. The number of aliphatic hydroxyl groups excluding tert-OH is 1. The minimum atomic E-state index is -4.84. The number of nitrogens with one attached hydrogen (secondary N) is 1. The van der Waals surface area contributed by atoms with Gasteiger partial charge in [-0.3, -0.25) is 9.48 Å². The molecular weight excluding hydrogens is 351 g/mol. The molecule has 2 aromatic heterocycles. The van der Waals surface area contributed by atoms with Gasteiger partial charge >= 0.3 is 6.18 Å². The number of amides is 1. The minimum absolute atomic E-state index is 0.0635. The molecule has 2 aromatic rings. The van der Waals surface area contributed by atoms with Crippen molar-refractivity contribution in [3.05, 3.63) is 29.2 Å². The van der Waals surface area contributed by atoms with Crippen LogP contribution in [0.25, 0.3) is 11.3 Å². The number of nitrogen functional groups attached to an aromatic ring is 1. The van der Waals surface area contributed by atoms with Gasteiger partial charge in [0, 0.05) is 18.8 Å². The molecule has 4 N–H and O–H groups in total. The number of hydrogen-bond donors (Lipinski definition) is 3. The van der Waals surface area contributed by atoms with Gasteiger partial charge in [-0.1, -0.05) is 11.6 Å². The number of aliphatic hydroxyl groups is 1. The van der Waals surface area contributed by atoms with E-state index in [9.17, 15) is 18.0 Å². The number of pyridine rings is 1. The molecule has 7 nitrogen and oxygen atoms in total. The third-order valence-electron chi connectivity index (χ3n) is 3.08. The van der Waals surface area contributed by atoms with E-state index in [0.29, 0.717) is 5.56 Å². The zero-order valence-corrected chi connectivity index (χ0v) is 13.1. The van der Waals surface area contributed by atoms with Crippen LogP contribution in [0.1, 0.15) is 10.4 Å². The number of aromatic nitrogens is 3. The lowest BCUT2D eigenvalue weighted by Gasteiger charge is -2.16. The number of rotatable bonds is 4. The maximum absolute atomic E-state index is 12.3. The summed E-state index contributed by atoms with van der Waals surface area (Å²) in [6, 6.07) is 1.13. The summed E-state index contributed by atoms with van der Waals surface area (Å²) < 4.78 is 38.3. The molecule has 0 saturated carbocycles. The summed E-state index contributed by atoms with van der Waals surface area (Å²) in [6.07, 6.45) is -4.48. The molecule has 0 unspecified atom stereocenters. The van der Waals surface area contributed by atoms with Crippen LogP contribution in [-0.4, -0.2) is 44.6 Å². The number of anilines is 1. The summed E-state index contributed by atoms with van der Waals surface area (Å²) in [6.45, 7) is -1.01. The minimum Gasteiger partial charge on any atom is -0.396 e. The third-order valence-corrected chi connectivity index (χ3v) is 3.28. The van der Waals surface area contributed by atoms with Crippen molar-refractivity contribution in [3.8, 4) is 11.3 Å². The highest BCUT2D eigenvalue weighted by Gasteiger charge is 2.38. The van der Waals surface area contributed by atoms with Crippen LogP contribution in [-0.2, 0) is 7.05 Å². The highest BCUT2D eigenvalue weighted by Crippen LogP contribution is 2.29. The van der Waals surface area contributed by atoms with E-state index in [1.807, 2.05) is 5.32 Å². The summed E-state index contributed by atoms with van der Waals surface area (Å²) >= 11 is 5.85. The summed E-state index contributed by atoms with van der Waals surface area (Å²) in [7, 11) is 1.66. The number of hydrogen-bond acceptors (Lipinski definition) is 5. The Bertz CT molecular complexity index is 763. The predicted octanol–water partition coefficient (Wildman–Crippen LogP) is 1.37. The van der Waals surface area contributed by atoms with E-state index in [2.05, 4.69) is 10.1 Å². The molecule has 0 aromatic carbocycles. The van der Waals surface area contributed by atoms with Crippen LogP contribution in [0.3, 0.4) is 0 Å². The van der Waals surface area contributed by atoms with Gasteiger partial charge < -0.3 is 16.2 Å². The maximum atomic E-state index is 12.3. The van der Waals surface area contributed by atoms with Crippen LogP contribution in [0.4, 0.5) is 18.9 Å². The lowest BCUT2D eigenvalue weighted by Crippen LogP contribution is -2.40. The third kappa shape index (κ3) is 3.95. The Kier molecular flexibility index (Phi) is 4.99. The Morgan fingerprint density at radius 3 is 2.75 bits per heavy atom. The summed E-state index contributed by atoms with van der Waals surface area (Å²) in [4.78, 5) is 16.1. The maximum Gasteiger partial charge on any atom is 0.416 e. The molecule has 1 amide bonds. The summed E-state index contributed by atoms with van der Waals surface area (Å²) in [5.74, 6) is -0.912. The lowest BCUT2D eigenvalue weighted by atomic mass is 10.1. The van der Waals surface area contributed by atoms with Crippen LogP contribution >= 0.6 is 11.6 Å². The van der Waals surface area contributed by atoms with Crippen molar-refractivity contribution in [1.82, 2.24) is 20.1 Å². The standard InChI is InChI=1S/C13H13ClF3N5O2/c1-22-5-6(3-20-22)11-10(18)7(2-9(14)21-11)12(24)19-4-8(23)13(15,16)17/h2-3,5,8,23H,4,18H2,1H3,(H,19,24)/t8-/m1/s1. The lowest BCUT2D eigenvalue weighted by molar-refractivity contribution is -0.201. The topological polar surface area (TPSA) is 106 Å². The first-order chi connectivity index (χ1) is 11.1. The number of nitrogens with two attached hydrogens (primary N) is 1. The second kappa shape index (κ2) is 6.65. The summed E-state index contributed by atoms with van der Waals surface area (Å²) in [5, 5.41) is 14.8. The Morgan fingerprint density at radius 1 is 1.54 bits per heavy atom. The van der Waals surface area contributed by atoms with Crippen molar-refractivity contribution in [1.29, 1.82) is 0 Å². The van der Waals surface area contributed by atoms with Gasteiger partial charge in [0.05, 0.1) is 29.7 Å². The van der Waals surface area contributed by atoms with Crippen LogP contribution in [0.5, 0.6) is 0 Å². The summed E-state index contributed by atoms with van der Waals surface area (Å²) in [5.41, 5.74) is 6.34. The highest BCUT2D eigenvalue weighted by molar-refractivity contribution is 6.30. The van der Waals surface area contributed by atoms with Crippen LogP contribution in [0.2, 0.25) is 5.15 Å². The molecule has 0 bridgehead atoms. The monoisotopic (exact) mass is 363 g/mol. The zero-order chi connectivity index (χ0) is 18.1. The molecular formula is C13H13ClF3N5O2. The average Bonchev–Trinajstić information content (AvgIpc) is 2.91. The van der Waals surface area contributed by atoms with Gasteiger partial charge in [0.25, 0.3) is 5.91 Å². The number of aryl methyl sites for hydroxylation is 1. The van der Waals surface area contributed by atoms with E-state index in [1.165, 1.54) is 10.9 Å². The number of halogens is 4. The van der Waals surface area contributed by atoms with Crippen LogP contribution in [0, 0.1) is 0 Å². The van der Waals surface area contributed by atoms with Gasteiger partial charge in [0.2, 0.25) is 0 Å². The molecule has 0 aliphatic rings. The molecule has 0 aliphatic carbocycles. The molecule has 2 heterocycles. The Morgan fingerprint density at radius 2 is 2.21 bits per heavy atom. The normalized spacial score (nSPS) is 12.9. The molecule has 2 rings (SSSR count). The molecule has 0 spiro atoms. The SMILES string of the molecule is Cn1cc(-c2nc(Cl)cc(C(=O)NC[C@@H](O)C(F)(F)F)c2N)cn1. The fourth-order valence-electron chi connectivity index (χ4n) is 1.88. The number of carbonyl (C=O) groups excluding carboxylic acids is 1. The van der Waals surface area contributed by atoms with Gasteiger partial charge in [-0.15, -0.1) is 0 Å². The van der Waals surface area contributed by atoms with Gasteiger partial charge in [0.1, 0.15) is 5.15 Å². The first kappa shape index (κ1) is 18.0. The van der Waals surface area contributed by atoms with E-state index < -0.39 is 24.7 Å². The highest BCUT2D eigenvalue weighted by atomic mass is 35.5. The van der Waals surface area contributed by atoms with Crippen molar-refractivity contribution in [2.24, 2.45) is 7.05 Å².